The number of thioether (sulfide) groups is 2. The standard InChI is InChI=1S/C54H38N4O2S6/c59-51-47(65-53(61)57(51)41-17-9-3-10-18-41)35-37-21-25-43(26-22-37)55(39-13-5-1-6-14-39)49-33-31-45(63-49)29-30-46-32-34-50(64-46)56(40-15-7-2-8-16-40)44-27-23-38(24-28-44)36-48-52(60)58(54(62)66-48)42-19-11-4-12-20-42/h1-28,31-36H,29-30H2. The van der Waals surface area contributed by atoms with Crippen molar-refractivity contribution in [2.45, 2.75) is 12.8 Å². The van der Waals surface area contributed by atoms with Gasteiger partial charge in [0.15, 0.2) is 8.64 Å². The molecule has 12 heteroatoms. The molecule has 10 rings (SSSR count). The fraction of sp³-hybridized carbons (Fsp3) is 0.0370. The molecule has 0 spiro atoms. The van der Waals surface area contributed by atoms with Crippen molar-refractivity contribution in [1.29, 1.82) is 0 Å². The number of hydrogen-bond donors (Lipinski definition) is 0. The average Bonchev–Trinajstić information content (AvgIpc) is 4.14. The first-order valence-electron chi connectivity index (χ1n) is 21.1. The molecule has 6 aromatic carbocycles. The van der Waals surface area contributed by atoms with E-state index >= 15 is 0 Å². The highest BCUT2D eigenvalue weighted by Gasteiger charge is 2.34. The Morgan fingerprint density at radius 2 is 0.742 bits per heavy atom. The number of rotatable bonds is 13. The smallest absolute Gasteiger partial charge is 0.270 e. The van der Waals surface area contributed by atoms with Crippen LogP contribution in [0.2, 0.25) is 0 Å². The van der Waals surface area contributed by atoms with Gasteiger partial charge in [0.1, 0.15) is 10.0 Å². The Bertz CT molecular complexity index is 2900. The van der Waals surface area contributed by atoms with Crippen molar-refractivity contribution in [1.82, 2.24) is 0 Å². The first-order valence-corrected chi connectivity index (χ1v) is 25.2. The maximum atomic E-state index is 13.4. The SMILES string of the molecule is O=C1C(=Cc2ccc(N(c3ccccc3)c3ccc(CCc4ccc(N(c5ccccc5)c5ccc(C=C6SC(=S)N(c7ccccc7)C6=O)cc5)s4)s3)cc2)SC(=S)N1c1ccccc1. The number of benzene rings is 6. The predicted molar refractivity (Wildman–Crippen MR) is 290 cm³/mol. The van der Waals surface area contributed by atoms with Crippen molar-refractivity contribution in [3.05, 3.63) is 225 Å². The minimum atomic E-state index is -0.106. The van der Waals surface area contributed by atoms with Crippen LogP contribution in [0.4, 0.5) is 44.1 Å². The minimum absolute atomic E-state index is 0.106. The molecule has 2 aromatic heterocycles. The van der Waals surface area contributed by atoms with E-state index in [1.807, 2.05) is 84.9 Å². The summed E-state index contributed by atoms with van der Waals surface area (Å²) in [5.74, 6) is -0.213. The van der Waals surface area contributed by atoms with Crippen molar-refractivity contribution in [2.24, 2.45) is 0 Å². The Kier molecular flexibility index (Phi) is 12.9. The monoisotopic (exact) mass is 966 g/mol. The lowest BCUT2D eigenvalue weighted by Crippen LogP contribution is -2.27. The molecule has 0 aliphatic carbocycles. The number of aryl methyl sites for hydroxylation is 2. The van der Waals surface area contributed by atoms with Crippen LogP contribution in [-0.2, 0) is 22.4 Å². The molecule has 4 heterocycles. The lowest BCUT2D eigenvalue weighted by atomic mass is 10.1. The molecule has 66 heavy (non-hydrogen) atoms. The molecule has 0 N–H and O–H groups in total. The summed E-state index contributed by atoms with van der Waals surface area (Å²) < 4.78 is 1.06. The van der Waals surface area contributed by atoms with Gasteiger partial charge in [-0.1, -0.05) is 145 Å². The van der Waals surface area contributed by atoms with Crippen LogP contribution in [0, 0.1) is 0 Å². The van der Waals surface area contributed by atoms with Gasteiger partial charge in [-0.25, -0.2) is 0 Å². The second kappa shape index (κ2) is 19.6. The van der Waals surface area contributed by atoms with Crippen LogP contribution >= 0.6 is 70.6 Å². The molecule has 2 amide bonds. The summed E-state index contributed by atoms with van der Waals surface area (Å²) in [4.78, 5) is 38.4. The lowest BCUT2D eigenvalue weighted by molar-refractivity contribution is -0.114. The summed E-state index contributed by atoms with van der Waals surface area (Å²) in [6.07, 6.45) is 5.65. The molecule has 322 valence electrons. The summed E-state index contributed by atoms with van der Waals surface area (Å²) in [6, 6.07) is 65.5. The van der Waals surface area contributed by atoms with E-state index in [4.69, 9.17) is 24.4 Å². The van der Waals surface area contributed by atoms with Crippen molar-refractivity contribution in [2.75, 3.05) is 19.6 Å². The molecule has 0 unspecified atom stereocenters. The van der Waals surface area contributed by atoms with E-state index in [1.54, 1.807) is 32.5 Å². The van der Waals surface area contributed by atoms with Crippen LogP contribution < -0.4 is 19.6 Å². The van der Waals surface area contributed by atoms with Crippen LogP contribution in [0.5, 0.6) is 0 Å². The fourth-order valence-electron chi connectivity index (χ4n) is 7.73. The molecule has 2 saturated heterocycles. The van der Waals surface area contributed by atoms with E-state index in [1.165, 1.54) is 33.3 Å². The fourth-order valence-corrected chi connectivity index (χ4v) is 12.4. The maximum Gasteiger partial charge on any atom is 0.270 e. The van der Waals surface area contributed by atoms with Gasteiger partial charge in [0, 0.05) is 32.5 Å². The van der Waals surface area contributed by atoms with E-state index in [9.17, 15) is 9.59 Å². The van der Waals surface area contributed by atoms with Gasteiger partial charge in [-0.15, -0.1) is 22.7 Å². The maximum absolute atomic E-state index is 13.4. The summed E-state index contributed by atoms with van der Waals surface area (Å²) in [6.45, 7) is 0. The Hall–Kier alpha value is -6.38. The molecular formula is C54H38N4O2S6. The first-order chi connectivity index (χ1) is 32.4. The third-order valence-corrected chi connectivity index (χ3v) is 15.8. The van der Waals surface area contributed by atoms with Crippen LogP contribution in [0.15, 0.2) is 204 Å². The van der Waals surface area contributed by atoms with Crippen LogP contribution in [-0.4, -0.2) is 20.5 Å². The van der Waals surface area contributed by atoms with Gasteiger partial charge in [0.05, 0.1) is 21.2 Å². The molecule has 2 aliphatic heterocycles. The van der Waals surface area contributed by atoms with Gasteiger partial charge in [-0.2, -0.15) is 0 Å². The second-order valence-electron chi connectivity index (χ2n) is 15.2. The van der Waals surface area contributed by atoms with Gasteiger partial charge in [-0.05, 0) is 133 Å². The highest BCUT2D eigenvalue weighted by Crippen LogP contribution is 2.43. The van der Waals surface area contributed by atoms with Crippen molar-refractivity contribution >= 4 is 147 Å². The van der Waals surface area contributed by atoms with Crippen molar-refractivity contribution < 1.29 is 9.59 Å². The molecule has 8 aromatic rings. The van der Waals surface area contributed by atoms with Gasteiger partial charge < -0.3 is 9.80 Å². The topological polar surface area (TPSA) is 47.1 Å². The molecule has 0 saturated carbocycles. The third-order valence-electron chi connectivity index (χ3n) is 10.9. The van der Waals surface area contributed by atoms with Gasteiger partial charge >= 0.3 is 0 Å². The van der Waals surface area contributed by atoms with Crippen molar-refractivity contribution in [3.8, 4) is 0 Å². The quantitative estimate of drug-likeness (QED) is 0.0837. The summed E-state index contributed by atoms with van der Waals surface area (Å²) in [7, 11) is 0. The highest BCUT2D eigenvalue weighted by molar-refractivity contribution is 8.27. The number of amides is 2. The van der Waals surface area contributed by atoms with E-state index in [-0.39, 0.29) is 11.8 Å². The number of hydrogen-bond acceptors (Lipinski definition) is 10. The Morgan fingerprint density at radius 3 is 1.11 bits per heavy atom. The summed E-state index contributed by atoms with van der Waals surface area (Å²) in [5.41, 5.74) is 7.61. The molecule has 2 aliphatic rings. The Labute approximate surface area is 411 Å². The zero-order chi connectivity index (χ0) is 45.0. The van der Waals surface area contributed by atoms with E-state index < -0.39 is 0 Å². The number of thiocarbonyl (C=S) groups is 2. The van der Waals surface area contributed by atoms with Gasteiger partial charge in [-0.3, -0.25) is 19.4 Å². The minimum Gasteiger partial charge on any atom is -0.302 e. The molecule has 2 fully saturated rings. The first kappa shape index (κ1) is 43.5. The third kappa shape index (κ3) is 9.34. The molecule has 0 radical (unpaired) electrons. The van der Waals surface area contributed by atoms with E-state index in [0.29, 0.717) is 18.5 Å². The van der Waals surface area contributed by atoms with Gasteiger partial charge in [0.2, 0.25) is 0 Å². The van der Waals surface area contributed by atoms with Crippen LogP contribution in [0.3, 0.4) is 0 Å². The Balaban J connectivity index is 0.840. The van der Waals surface area contributed by atoms with Crippen LogP contribution in [0.1, 0.15) is 20.9 Å². The number of anilines is 8. The molecular weight excluding hydrogens is 929 g/mol. The van der Waals surface area contributed by atoms with E-state index in [2.05, 4.69) is 131 Å². The zero-order valence-electron chi connectivity index (χ0n) is 35.1. The summed E-state index contributed by atoms with van der Waals surface area (Å²) >= 11 is 17.5. The molecule has 6 nitrogen and oxygen atoms in total. The normalized spacial score (nSPS) is 15.1. The second-order valence-corrected chi connectivity index (χ2v) is 20.9. The number of para-hydroxylation sites is 4. The highest BCUT2D eigenvalue weighted by atomic mass is 32.2. The number of thiophene rings is 2. The van der Waals surface area contributed by atoms with E-state index in [0.717, 1.165) is 68.1 Å². The lowest BCUT2D eigenvalue weighted by Gasteiger charge is -2.23. The number of carbonyl (C=O) groups excluding carboxylic acids is 2. The zero-order valence-corrected chi connectivity index (χ0v) is 40.0. The van der Waals surface area contributed by atoms with Crippen LogP contribution in [0.25, 0.3) is 12.2 Å². The average molecular weight is 967 g/mol. The Morgan fingerprint density at radius 1 is 0.409 bits per heavy atom. The molecule has 0 bridgehead atoms. The molecule has 0 atom stereocenters. The van der Waals surface area contributed by atoms with Gasteiger partial charge in [0.25, 0.3) is 11.8 Å². The van der Waals surface area contributed by atoms with Crippen molar-refractivity contribution in [3.63, 3.8) is 0 Å². The largest absolute Gasteiger partial charge is 0.302 e. The predicted octanol–water partition coefficient (Wildman–Crippen LogP) is 15.3. The summed E-state index contributed by atoms with van der Waals surface area (Å²) in [5, 5.41) is 2.25. The number of nitrogens with zero attached hydrogens (tertiary/aromatic N) is 4. The number of carbonyl (C=O) groups is 2.